The maximum absolute atomic E-state index is 13.7. The molecule has 0 radical (unpaired) electrons. The summed E-state index contributed by atoms with van der Waals surface area (Å²) in [5.74, 6) is -6.57. The summed E-state index contributed by atoms with van der Waals surface area (Å²) < 4.78 is 176. The van der Waals surface area contributed by atoms with Gasteiger partial charge >= 0.3 is 37.0 Å². The van der Waals surface area contributed by atoms with E-state index in [0.717, 1.165) is 93.0 Å². The molecule has 3 saturated carbocycles. The highest BCUT2D eigenvalue weighted by atomic mass is 19.4. The SMILES string of the molecule is CC1CCC(c2ccc(C(=O)Oc3cc(F)c(OC(F)(F)F)c(F)c3)cc2)CC1.CC1CCC(c2ccc(C(=O)Oc3ccc(OC(F)(F)F)c(F)c3)cc2)CC1.CC1CCC(c2ccc(C(=O)Oc3ccc(OC(F)(F)F)cc3)cc2)CC1. The number of rotatable bonds is 12. The van der Waals surface area contributed by atoms with Gasteiger partial charge in [-0.2, -0.15) is 0 Å². The Morgan fingerprint density at radius 2 is 0.643 bits per heavy atom. The van der Waals surface area contributed by atoms with E-state index in [4.69, 9.17) is 14.2 Å². The monoisotopic (exact) mass is 1190 g/mol. The summed E-state index contributed by atoms with van der Waals surface area (Å²) in [6, 6.07) is 29.3. The summed E-state index contributed by atoms with van der Waals surface area (Å²) in [5, 5.41) is 0. The van der Waals surface area contributed by atoms with Crippen molar-refractivity contribution in [2.75, 3.05) is 0 Å². The minimum atomic E-state index is -5.25. The average Bonchev–Trinajstić information content (AvgIpc) is 3.49. The molecule has 84 heavy (non-hydrogen) atoms. The average molecular weight is 1190 g/mol. The second-order valence-electron chi connectivity index (χ2n) is 21.3. The van der Waals surface area contributed by atoms with Gasteiger partial charge in [-0.15, -0.1) is 39.5 Å². The molecule has 0 N–H and O–H groups in total. The summed E-state index contributed by atoms with van der Waals surface area (Å²) >= 11 is 0. The van der Waals surface area contributed by atoms with Crippen molar-refractivity contribution in [3.63, 3.8) is 0 Å². The van der Waals surface area contributed by atoms with Crippen molar-refractivity contribution < 1.29 is 95.5 Å². The van der Waals surface area contributed by atoms with Crippen LogP contribution in [-0.4, -0.2) is 37.0 Å². The lowest BCUT2D eigenvalue weighted by Crippen LogP contribution is -2.19. The smallest absolute Gasteiger partial charge is 0.423 e. The Hall–Kier alpha value is -7.71. The number of hydrogen-bond acceptors (Lipinski definition) is 9. The van der Waals surface area contributed by atoms with Crippen LogP contribution in [-0.2, 0) is 0 Å². The molecule has 9 nitrogen and oxygen atoms in total. The lowest BCUT2D eigenvalue weighted by atomic mass is 9.79. The van der Waals surface area contributed by atoms with E-state index < -0.39 is 71.7 Å². The number of carbonyl (C=O) groups is 3. The largest absolute Gasteiger partial charge is 0.573 e. The molecular weight excluding hydrogens is 1130 g/mol. The van der Waals surface area contributed by atoms with Gasteiger partial charge in [0.1, 0.15) is 23.0 Å². The van der Waals surface area contributed by atoms with Crippen LogP contribution in [0.1, 0.15) is 163 Å². The fourth-order valence-corrected chi connectivity index (χ4v) is 10.2. The van der Waals surface area contributed by atoms with Gasteiger partial charge in [-0.25, -0.2) is 27.6 Å². The normalized spacial score (nSPS) is 19.9. The van der Waals surface area contributed by atoms with Crippen molar-refractivity contribution >= 4 is 17.9 Å². The molecule has 0 aliphatic heterocycles. The van der Waals surface area contributed by atoms with Gasteiger partial charge in [-0.1, -0.05) is 95.7 Å². The summed E-state index contributed by atoms with van der Waals surface area (Å²) in [6.07, 6.45) is -1.15. The molecule has 0 aromatic heterocycles. The molecule has 0 saturated heterocycles. The Labute approximate surface area is 477 Å². The minimum Gasteiger partial charge on any atom is -0.423 e. The summed E-state index contributed by atoms with van der Waals surface area (Å²) in [4.78, 5) is 36.6. The molecule has 450 valence electrons. The highest BCUT2D eigenvalue weighted by molar-refractivity contribution is 5.92. The molecule has 0 bridgehead atoms. The fraction of sp³-hybridized carbons (Fsp3) is 0.381. The van der Waals surface area contributed by atoms with Crippen LogP contribution < -0.4 is 28.4 Å². The second kappa shape index (κ2) is 28.2. The van der Waals surface area contributed by atoms with Crippen LogP contribution in [0.4, 0.5) is 52.7 Å². The molecule has 9 rings (SSSR count). The third-order valence-electron chi connectivity index (χ3n) is 14.9. The van der Waals surface area contributed by atoms with Gasteiger partial charge in [0.05, 0.1) is 16.7 Å². The maximum Gasteiger partial charge on any atom is 0.573 e. The van der Waals surface area contributed by atoms with Crippen LogP contribution in [0.25, 0.3) is 0 Å². The zero-order valence-corrected chi connectivity index (χ0v) is 45.8. The molecule has 0 unspecified atom stereocenters. The molecule has 0 amide bonds. The number of halogens is 12. The molecule has 3 aliphatic carbocycles. The zero-order valence-electron chi connectivity index (χ0n) is 45.8. The van der Waals surface area contributed by atoms with Crippen LogP contribution in [0, 0.1) is 35.2 Å². The predicted molar refractivity (Wildman–Crippen MR) is 285 cm³/mol. The summed E-state index contributed by atoms with van der Waals surface area (Å²) in [5.41, 5.74) is 4.35. The Balaban J connectivity index is 0.000000181. The lowest BCUT2D eigenvalue weighted by molar-refractivity contribution is -0.277. The summed E-state index contributed by atoms with van der Waals surface area (Å²) in [6.45, 7) is 6.75. The van der Waals surface area contributed by atoms with Crippen molar-refractivity contribution in [1.29, 1.82) is 0 Å². The fourth-order valence-electron chi connectivity index (χ4n) is 10.2. The first-order valence-electron chi connectivity index (χ1n) is 27.3. The Morgan fingerprint density at radius 3 is 0.976 bits per heavy atom. The van der Waals surface area contributed by atoms with Crippen LogP contribution >= 0.6 is 0 Å². The third kappa shape index (κ3) is 19.7. The van der Waals surface area contributed by atoms with E-state index in [2.05, 4.69) is 35.0 Å². The quantitative estimate of drug-likeness (QED) is 0.0673. The number of benzene rings is 6. The van der Waals surface area contributed by atoms with Crippen LogP contribution in [0.3, 0.4) is 0 Å². The van der Waals surface area contributed by atoms with Crippen molar-refractivity contribution in [2.24, 2.45) is 17.8 Å². The lowest BCUT2D eigenvalue weighted by Gasteiger charge is -2.26. The van der Waals surface area contributed by atoms with Gasteiger partial charge in [-0.3, -0.25) is 0 Å². The highest BCUT2D eigenvalue weighted by Gasteiger charge is 2.35. The second-order valence-corrected chi connectivity index (χ2v) is 21.3. The van der Waals surface area contributed by atoms with Crippen molar-refractivity contribution in [3.05, 3.63) is 178 Å². The van der Waals surface area contributed by atoms with Gasteiger partial charge in [0.2, 0.25) is 5.75 Å². The van der Waals surface area contributed by atoms with E-state index in [1.807, 2.05) is 36.4 Å². The summed E-state index contributed by atoms with van der Waals surface area (Å²) in [7, 11) is 0. The first-order valence-corrected chi connectivity index (χ1v) is 27.3. The number of ether oxygens (including phenoxy) is 6. The molecule has 0 spiro atoms. The molecular formula is C63H60F12O9. The van der Waals surface area contributed by atoms with Crippen LogP contribution in [0.2, 0.25) is 0 Å². The number of carbonyl (C=O) groups excluding carboxylic acids is 3. The van der Waals surface area contributed by atoms with Gasteiger partial charge in [-0.05, 0) is 164 Å². The Morgan fingerprint density at radius 1 is 0.345 bits per heavy atom. The van der Waals surface area contributed by atoms with Crippen molar-refractivity contribution in [3.8, 4) is 34.5 Å². The van der Waals surface area contributed by atoms with E-state index in [1.54, 1.807) is 36.4 Å². The first-order chi connectivity index (χ1) is 39.6. The van der Waals surface area contributed by atoms with Crippen LogP contribution in [0.15, 0.2) is 127 Å². The van der Waals surface area contributed by atoms with E-state index >= 15 is 0 Å². The third-order valence-corrected chi connectivity index (χ3v) is 14.9. The van der Waals surface area contributed by atoms with Crippen molar-refractivity contribution in [1.82, 2.24) is 0 Å². The number of alkyl halides is 9. The number of esters is 3. The molecule has 0 heterocycles. The van der Waals surface area contributed by atoms with Gasteiger partial charge in [0, 0.05) is 18.2 Å². The molecule has 6 aromatic carbocycles. The molecule has 0 atom stereocenters. The minimum absolute atomic E-state index is 0.153. The molecule has 6 aromatic rings. The first kappa shape index (κ1) is 63.9. The van der Waals surface area contributed by atoms with Crippen molar-refractivity contribution in [2.45, 2.75) is 135 Å². The zero-order chi connectivity index (χ0) is 60.9. The highest BCUT2D eigenvalue weighted by Crippen LogP contribution is 2.39. The van der Waals surface area contributed by atoms with E-state index in [-0.39, 0.29) is 28.4 Å². The van der Waals surface area contributed by atoms with E-state index in [1.165, 1.54) is 48.9 Å². The van der Waals surface area contributed by atoms with E-state index in [0.29, 0.717) is 47.4 Å². The molecule has 3 aliphatic rings. The maximum atomic E-state index is 13.7. The van der Waals surface area contributed by atoms with Gasteiger partial charge in [0.25, 0.3) is 0 Å². The Bertz CT molecular complexity index is 3100. The molecule has 3 fully saturated rings. The topological polar surface area (TPSA) is 107 Å². The van der Waals surface area contributed by atoms with Crippen LogP contribution in [0.5, 0.6) is 34.5 Å². The Kier molecular flexibility index (Phi) is 21.5. The predicted octanol–water partition coefficient (Wildman–Crippen LogP) is 18.7. The van der Waals surface area contributed by atoms with Gasteiger partial charge in [0.15, 0.2) is 23.2 Å². The standard InChI is InChI=1S/C21H19F5O3.C21H20F4O3.C21H21F3O3/c1-12-2-4-13(5-3-12)14-6-8-15(9-7-14)20(27)28-16-10-17(22)19(18(23)11-16)29-21(24,25)26;1-13-2-4-14(5-3-13)15-6-8-16(9-7-15)20(26)27-17-10-11-19(18(22)12-17)28-21(23,24)25;1-14-2-4-15(5-3-14)16-6-8-17(9-7-16)20(25)26-18-10-12-19(13-11-18)27-21(22,23)24/h6-13H,2-5H2,1H3;6-14H,2-5H2,1H3;6-15H,2-5H2,1H3. The molecule has 21 heteroatoms. The number of hydrogen-bond donors (Lipinski definition) is 0. The van der Waals surface area contributed by atoms with Gasteiger partial charge < -0.3 is 28.4 Å². The van der Waals surface area contributed by atoms with E-state index in [9.17, 15) is 67.1 Å².